The van der Waals surface area contributed by atoms with E-state index in [0.717, 1.165) is 36.3 Å². The number of carbonyl (C=O) groups is 1. The Kier molecular flexibility index (Phi) is 6.07. The molecule has 2 aromatic carbocycles. The zero-order chi connectivity index (χ0) is 19.4. The molecule has 0 fully saturated rings. The van der Waals surface area contributed by atoms with Gasteiger partial charge in [-0.05, 0) is 55.3 Å². The van der Waals surface area contributed by atoms with Crippen molar-refractivity contribution in [3.63, 3.8) is 0 Å². The summed E-state index contributed by atoms with van der Waals surface area (Å²) in [5.41, 5.74) is 5.75. The highest BCUT2D eigenvalue weighted by atomic mass is 16.2. The number of rotatable bonds is 6. The van der Waals surface area contributed by atoms with Crippen LogP contribution in [0.1, 0.15) is 48.6 Å². The highest BCUT2D eigenvalue weighted by molar-refractivity contribution is 6.03. The van der Waals surface area contributed by atoms with Gasteiger partial charge in [0.15, 0.2) is 0 Å². The van der Waals surface area contributed by atoms with Crippen LogP contribution in [0.25, 0.3) is 0 Å². The highest BCUT2D eigenvalue weighted by Gasteiger charge is 2.33. The Bertz CT molecular complexity index is 825. The van der Waals surface area contributed by atoms with Crippen LogP contribution in [0.3, 0.4) is 0 Å². The summed E-state index contributed by atoms with van der Waals surface area (Å²) < 4.78 is 0. The van der Waals surface area contributed by atoms with Crippen molar-refractivity contribution in [2.45, 2.75) is 40.2 Å². The van der Waals surface area contributed by atoms with Gasteiger partial charge in [-0.25, -0.2) is 5.01 Å². The third kappa shape index (κ3) is 4.28. The zero-order valence-electron chi connectivity index (χ0n) is 16.8. The number of benzene rings is 2. The Balaban J connectivity index is 1.92. The summed E-state index contributed by atoms with van der Waals surface area (Å²) in [6.45, 7) is 10.5. The minimum absolute atomic E-state index is 0.0362. The molecule has 4 heteroatoms. The lowest BCUT2D eigenvalue weighted by atomic mass is 9.96. The van der Waals surface area contributed by atoms with Gasteiger partial charge in [-0.15, -0.1) is 0 Å². The van der Waals surface area contributed by atoms with Crippen molar-refractivity contribution >= 4 is 11.6 Å². The van der Waals surface area contributed by atoms with Gasteiger partial charge < -0.3 is 0 Å². The molecule has 0 saturated carbocycles. The Morgan fingerprint density at radius 2 is 1.78 bits per heavy atom. The first-order chi connectivity index (χ1) is 13.0. The first-order valence-electron chi connectivity index (χ1n) is 9.78. The molecule has 0 radical (unpaired) electrons. The Hall–Kier alpha value is -2.46. The van der Waals surface area contributed by atoms with Gasteiger partial charge in [0.1, 0.15) is 0 Å². The third-order valence-corrected chi connectivity index (χ3v) is 5.44. The van der Waals surface area contributed by atoms with Gasteiger partial charge in [0.2, 0.25) is 0 Å². The van der Waals surface area contributed by atoms with E-state index in [4.69, 9.17) is 5.10 Å². The summed E-state index contributed by atoms with van der Waals surface area (Å²) in [7, 11) is 0. The van der Waals surface area contributed by atoms with E-state index in [0.29, 0.717) is 6.54 Å². The summed E-state index contributed by atoms with van der Waals surface area (Å²) in [6.07, 6.45) is 0.747. The van der Waals surface area contributed by atoms with Crippen LogP contribution >= 0.6 is 0 Å². The summed E-state index contributed by atoms with van der Waals surface area (Å²) in [5.74, 6) is 0.0615. The molecule has 3 rings (SSSR count). The summed E-state index contributed by atoms with van der Waals surface area (Å²) in [6, 6.07) is 16.6. The van der Waals surface area contributed by atoms with Gasteiger partial charge in [0, 0.05) is 6.42 Å². The molecular weight excluding hydrogens is 334 g/mol. The van der Waals surface area contributed by atoms with Crippen molar-refractivity contribution in [1.29, 1.82) is 0 Å². The second-order valence-corrected chi connectivity index (χ2v) is 7.18. The fourth-order valence-electron chi connectivity index (χ4n) is 3.48. The van der Waals surface area contributed by atoms with E-state index in [-0.39, 0.29) is 11.9 Å². The number of carbonyl (C=O) groups excluding carboxylic acids is 1. The lowest BCUT2D eigenvalue weighted by molar-refractivity contribution is -0.134. The number of nitrogens with zero attached hydrogens (tertiary/aromatic N) is 3. The summed E-state index contributed by atoms with van der Waals surface area (Å²) in [4.78, 5) is 15.2. The number of likely N-dealkylation sites (N-methyl/N-ethyl adjacent to an activating group) is 1. The maximum atomic E-state index is 13.0. The largest absolute Gasteiger partial charge is 0.295 e. The predicted octanol–water partition coefficient (Wildman–Crippen LogP) is 4.32. The highest BCUT2D eigenvalue weighted by Crippen LogP contribution is 2.33. The maximum Gasteiger partial charge on any atom is 0.257 e. The molecule has 1 amide bonds. The van der Waals surface area contributed by atoms with Crippen LogP contribution < -0.4 is 0 Å². The SMILES string of the molecule is CCN(CC)CC(=O)N1N=C(c2ccc(C)c(C)c2)C[C@H]1c1ccccc1. The van der Waals surface area contributed by atoms with Crippen molar-refractivity contribution < 1.29 is 4.79 Å². The minimum Gasteiger partial charge on any atom is -0.295 e. The van der Waals surface area contributed by atoms with Crippen LogP contribution in [0.5, 0.6) is 0 Å². The first-order valence-corrected chi connectivity index (χ1v) is 9.78. The molecule has 0 unspecified atom stereocenters. The monoisotopic (exact) mass is 363 g/mol. The second kappa shape index (κ2) is 8.49. The van der Waals surface area contributed by atoms with Crippen molar-refractivity contribution in [3.8, 4) is 0 Å². The van der Waals surface area contributed by atoms with Crippen LogP contribution in [0.4, 0.5) is 0 Å². The molecule has 27 heavy (non-hydrogen) atoms. The summed E-state index contributed by atoms with van der Waals surface area (Å²) >= 11 is 0. The van der Waals surface area contributed by atoms with Gasteiger partial charge in [-0.1, -0.05) is 56.3 Å². The molecule has 1 atom stereocenters. The van der Waals surface area contributed by atoms with Crippen LogP contribution in [-0.2, 0) is 4.79 Å². The zero-order valence-corrected chi connectivity index (χ0v) is 16.8. The average molecular weight is 364 g/mol. The molecule has 0 N–H and O–H groups in total. The second-order valence-electron chi connectivity index (χ2n) is 7.18. The maximum absolute atomic E-state index is 13.0. The standard InChI is InChI=1S/C23H29N3O/c1-5-25(6-2)16-23(27)26-22(19-10-8-7-9-11-19)15-21(24-26)20-13-12-17(3)18(4)14-20/h7-14,22H,5-6,15-16H2,1-4H3/t22-/m0/s1. The smallest absolute Gasteiger partial charge is 0.257 e. The topological polar surface area (TPSA) is 35.9 Å². The van der Waals surface area contributed by atoms with E-state index in [1.807, 2.05) is 18.2 Å². The number of amides is 1. The Labute approximate surface area is 162 Å². The Morgan fingerprint density at radius 1 is 1.07 bits per heavy atom. The van der Waals surface area contributed by atoms with Crippen molar-refractivity contribution in [2.75, 3.05) is 19.6 Å². The van der Waals surface area contributed by atoms with Gasteiger partial charge >= 0.3 is 0 Å². The molecular formula is C23H29N3O. The van der Waals surface area contributed by atoms with Crippen LogP contribution in [0, 0.1) is 13.8 Å². The molecule has 0 bridgehead atoms. The molecule has 0 aromatic heterocycles. The predicted molar refractivity (Wildman–Crippen MR) is 111 cm³/mol. The molecule has 1 aliphatic heterocycles. The van der Waals surface area contributed by atoms with E-state index in [2.05, 4.69) is 62.9 Å². The average Bonchev–Trinajstić information content (AvgIpc) is 3.14. The van der Waals surface area contributed by atoms with Gasteiger partial charge in [0.25, 0.3) is 5.91 Å². The number of aryl methyl sites for hydroxylation is 2. The fraction of sp³-hybridized carbons (Fsp3) is 0.391. The number of hydrogen-bond donors (Lipinski definition) is 0. The number of hydrazone groups is 1. The molecule has 1 aliphatic rings. The van der Waals surface area contributed by atoms with Crippen molar-refractivity contribution in [3.05, 3.63) is 70.8 Å². The van der Waals surface area contributed by atoms with E-state index >= 15 is 0 Å². The van der Waals surface area contributed by atoms with E-state index in [1.165, 1.54) is 11.1 Å². The van der Waals surface area contributed by atoms with Crippen molar-refractivity contribution in [2.24, 2.45) is 5.10 Å². The molecule has 142 valence electrons. The lowest BCUT2D eigenvalue weighted by Gasteiger charge is -2.25. The molecule has 0 aliphatic carbocycles. The molecule has 0 spiro atoms. The first kappa shape index (κ1) is 19.3. The van der Waals surface area contributed by atoms with Crippen LogP contribution in [-0.4, -0.2) is 41.2 Å². The molecule has 2 aromatic rings. The third-order valence-electron chi connectivity index (χ3n) is 5.44. The summed E-state index contributed by atoms with van der Waals surface area (Å²) in [5, 5.41) is 6.49. The number of hydrogen-bond acceptors (Lipinski definition) is 3. The van der Waals surface area contributed by atoms with E-state index < -0.39 is 0 Å². The molecule has 1 heterocycles. The Morgan fingerprint density at radius 3 is 2.41 bits per heavy atom. The van der Waals surface area contributed by atoms with Crippen molar-refractivity contribution in [1.82, 2.24) is 9.91 Å². The fourth-order valence-corrected chi connectivity index (χ4v) is 3.48. The van der Waals surface area contributed by atoms with Gasteiger partial charge in [-0.3, -0.25) is 9.69 Å². The van der Waals surface area contributed by atoms with E-state index in [9.17, 15) is 4.79 Å². The molecule has 0 saturated heterocycles. The lowest BCUT2D eigenvalue weighted by Crippen LogP contribution is -2.38. The quantitative estimate of drug-likeness (QED) is 0.766. The van der Waals surface area contributed by atoms with Crippen LogP contribution in [0.15, 0.2) is 53.6 Å². The van der Waals surface area contributed by atoms with Gasteiger partial charge in [-0.2, -0.15) is 5.10 Å². The van der Waals surface area contributed by atoms with Crippen LogP contribution in [0.2, 0.25) is 0 Å². The minimum atomic E-state index is -0.0362. The van der Waals surface area contributed by atoms with Gasteiger partial charge in [0.05, 0.1) is 18.3 Å². The molecule has 4 nitrogen and oxygen atoms in total. The van der Waals surface area contributed by atoms with E-state index in [1.54, 1.807) is 5.01 Å². The normalized spacial score (nSPS) is 16.7.